The first-order valence-corrected chi connectivity index (χ1v) is 5.28. The van der Waals surface area contributed by atoms with Crippen molar-refractivity contribution in [3.05, 3.63) is 34.9 Å². The monoisotopic (exact) mass is 180 g/mol. The molecular weight excluding hydrogens is 168 g/mol. The van der Waals surface area contributed by atoms with E-state index in [4.69, 9.17) is 0 Å². The topological polar surface area (TPSA) is 20.2 Å². The molecule has 2 heteroatoms. The zero-order chi connectivity index (χ0) is 8.55. The molecule has 0 saturated carbocycles. The number of aryl methyl sites for hydroxylation is 1. The third-order valence-electron chi connectivity index (χ3n) is 2.33. The van der Waals surface area contributed by atoms with E-state index in [-0.39, 0.29) is 6.10 Å². The van der Waals surface area contributed by atoms with Crippen LogP contribution in [0.5, 0.6) is 0 Å². The molecule has 1 N–H and O–H groups in total. The fourth-order valence-electron chi connectivity index (χ4n) is 1.60. The lowest BCUT2D eigenvalue weighted by molar-refractivity contribution is 0.201. The molecule has 0 aromatic heterocycles. The van der Waals surface area contributed by atoms with Gasteiger partial charge in [0, 0.05) is 11.5 Å². The van der Waals surface area contributed by atoms with Crippen molar-refractivity contribution in [1.82, 2.24) is 0 Å². The van der Waals surface area contributed by atoms with E-state index in [1.54, 1.807) is 0 Å². The number of fused-ring (bicyclic) bond motifs is 1. The van der Waals surface area contributed by atoms with Gasteiger partial charge in [0.1, 0.15) is 0 Å². The molecule has 1 aliphatic heterocycles. The largest absolute Gasteiger partial charge is 0.388 e. The Morgan fingerprint density at radius 1 is 1.50 bits per heavy atom. The van der Waals surface area contributed by atoms with Crippen LogP contribution in [0.2, 0.25) is 0 Å². The van der Waals surface area contributed by atoms with Crippen LogP contribution in [0.4, 0.5) is 0 Å². The molecule has 1 atom stereocenters. The van der Waals surface area contributed by atoms with Crippen LogP contribution in [0, 0.1) is 6.92 Å². The molecule has 12 heavy (non-hydrogen) atoms. The fourth-order valence-corrected chi connectivity index (χ4v) is 2.72. The lowest BCUT2D eigenvalue weighted by Gasteiger charge is -2.22. The van der Waals surface area contributed by atoms with Crippen LogP contribution in [0.15, 0.2) is 18.2 Å². The van der Waals surface area contributed by atoms with Gasteiger partial charge in [0.05, 0.1) is 6.10 Å². The summed E-state index contributed by atoms with van der Waals surface area (Å²) < 4.78 is 0. The van der Waals surface area contributed by atoms with Crippen molar-refractivity contribution in [3.8, 4) is 0 Å². The van der Waals surface area contributed by atoms with Crippen LogP contribution in [0.3, 0.4) is 0 Å². The normalized spacial score (nSPS) is 22.0. The molecule has 0 amide bonds. The lowest BCUT2D eigenvalue weighted by Crippen LogP contribution is -2.10. The Balaban J connectivity index is 2.52. The molecule has 0 saturated heterocycles. The quantitative estimate of drug-likeness (QED) is 0.661. The van der Waals surface area contributed by atoms with Gasteiger partial charge in [-0.2, -0.15) is 11.8 Å². The minimum absolute atomic E-state index is 0.251. The lowest BCUT2D eigenvalue weighted by atomic mass is 9.99. The second-order valence-corrected chi connectivity index (χ2v) is 4.20. The van der Waals surface area contributed by atoms with Crippen LogP contribution in [0.25, 0.3) is 0 Å². The molecule has 0 bridgehead atoms. The summed E-state index contributed by atoms with van der Waals surface area (Å²) in [5.74, 6) is 1.90. The first kappa shape index (κ1) is 8.14. The highest BCUT2D eigenvalue weighted by atomic mass is 32.2. The molecule has 0 spiro atoms. The number of hydrogen-bond donors (Lipinski definition) is 1. The van der Waals surface area contributed by atoms with Gasteiger partial charge in [-0.25, -0.2) is 0 Å². The van der Waals surface area contributed by atoms with Gasteiger partial charge in [0.15, 0.2) is 0 Å². The van der Waals surface area contributed by atoms with Crippen molar-refractivity contribution < 1.29 is 5.11 Å². The molecular formula is C10H12OS. The van der Waals surface area contributed by atoms with Crippen molar-refractivity contribution in [3.63, 3.8) is 0 Å². The van der Waals surface area contributed by atoms with Gasteiger partial charge in [0.2, 0.25) is 0 Å². The van der Waals surface area contributed by atoms with Crippen LogP contribution in [-0.4, -0.2) is 10.9 Å². The number of hydrogen-bond acceptors (Lipinski definition) is 2. The van der Waals surface area contributed by atoms with Crippen LogP contribution >= 0.6 is 11.8 Å². The minimum atomic E-state index is -0.251. The summed E-state index contributed by atoms with van der Waals surface area (Å²) >= 11 is 1.81. The van der Waals surface area contributed by atoms with Crippen LogP contribution < -0.4 is 0 Å². The Hall–Kier alpha value is -0.470. The molecule has 1 aromatic rings. The maximum Gasteiger partial charge on any atom is 0.0883 e. The molecule has 1 aliphatic rings. The molecule has 0 fully saturated rings. The second kappa shape index (κ2) is 3.11. The summed E-state index contributed by atoms with van der Waals surface area (Å²) in [6.07, 6.45) is -0.251. The van der Waals surface area contributed by atoms with Crippen LogP contribution in [0.1, 0.15) is 22.8 Å². The fraction of sp³-hybridized carbons (Fsp3) is 0.400. The SMILES string of the molecule is Cc1cccc2c1CSC[C@H]2O. The summed E-state index contributed by atoms with van der Waals surface area (Å²) in [5.41, 5.74) is 3.77. The van der Waals surface area contributed by atoms with Crippen molar-refractivity contribution in [1.29, 1.82) is 0 Å². The van der Waals surface area contributed by atoms with Crippen LogP contribution in [-0.2, 0) is 5.75 Å². The zero-order valence-electron chi connectivity index (χ0n) is 7.08. The summed E-state index contributed by atoms with van der Waals surface area (Å²) in [7, 11) is 0. The highest BCUT2D eigenvalue weighted by Crippen LogP contribution is 2.32. The van der Waals surface area contributed by atoms with Crippen molar-refractivity contribution in [2.75, 3.05) is 5.75 Å². The average molecular weight is 180 g/mol. The van der Waals surface area contributed by atoms with E-state index in [1.165, 1.54) is 11.1 Å². The average Bonchev–Trinajstić information content (AvgIpc) is 2.07. The molecule has 2 rings (SSSR count). The van der Waals surface area contributed by atoms with Gasteiger partial charge >= 0.3 is 0 Å². The van der Waals surface area contributed by atoms with E-state index < -0.39 is 0 Å². The predicted octanol–water partition coefficient (Wildman–Crippen LogP) is 2.28. The third kappa shape index (κ3) is 1.25. The highest BCUT2D eigenvalue weighted by Gasteiger charge is 2.18. The molecule has 1 nitrogen and oxygen atoms in total. The smallest absolute Gasteiger partial charge is 0.0883 e. The first-order chi connectivity index (χ1) is 5.79. The highest BCUT2D eigenvalue weighted by molar-refractivity contribution is 7.98. The second-order valence-electron chi connectivity index (χ2n) is 3.17. The Morgan fingerprint density at radius 3 is 3.08 bits per heavy atom. The number of aliphatic hydroxyl groups is 1. The molecule has 0 unspecified atom stereocenters. The minimum Gasteiger partial charge on any atom is -0.388 e. The van der Waals surface area contributed by atoms with Gasteiger partial charge in [-0.05, 0) is 23.6 Å². The summed E-state index contributed by atoms with van der Waals surface area (Å²) in [5, 5.41) is 9.66. The summed E-state index contributed by atoms with van der Waals surface area (Å²) in [6.45, 7) is 2.11. The Labute approximate surface area is 76.8 Å². The van der Waals surface area contributed by atoms with Gasteiger partial charge < -0.3 is 5.11 Å². The van der Waals surface area contributed by atoms with Gasteiger partial charge in [-0.3, -0.25) is 0 Å². The van der Waals surface area contributed by atoms with E-state index in [0.29, 0.717) is 0 Å². The third-order valence-corrected chi connectivity index (χ3v) is 3.37. The Kier molecular flexibility index (Phi) is 2.11. The van der Waals surface area contributed by atoms with E-state index in [2.05, 4.69) is 13.0 Å². The molecule has 1 aromatic carbocycles. The Morgan fingerprint density at radius 2 is 2.33 bits per heavy atom. The maximum absolute atomic E-state index is 9.66. The van der Waals surface area contributed by atoms with Gasteiger partial charge in [-0.1, -0.05) is 18.2 Å². The molecule has 1 heterocycles. The van der Waals surface area contributed by atoms with E-state index in [9.17, 15) is 5.11 Å². The number of benzene rings is 1. The Bertz CT molecular complexity index is 296. The molecule has 64 valence electrons. The summed E-state index contributed by atoms with van der Waals surface area (Å²) in [6, 6.07) is 6.16. The molecule has 0 radical (unpaired) electrons. The van der Waals surface area contributed by atoms with E-state index >= 15 is 0 Å². The zero-order valence-corrected chi connectivity index (χ0v) is 7.90. The van der Waals surface area contributed by atoms with Gasteiger partial charge in [0.25, 0.3) is 0 Å². The first-order valence-electron chi connectivity index (χ1n) is 4.13. The van der Waals surface area contributed by atoms with E-state index in [1.807, 2.05) is 23.9 Å². The number of rotatable bonds is 0. The standard InChI is InChI=1S/C10H12OS/c1-7-3-2-4-8-9(7)5-12-6-10(8)11/h2-4,10-11H,5-6H2,1H3/t10-/m1/s1. The van der Waals surface area contributed by atoms with Crippen molar-refractivity contribution in [2.45, 2.75) is 18.8 Å². The maximum atomic E-state index is 9.66. The van der Waals surface area contributed by atoms with E-state index in [0.717, 1.165) is 17.1 Å². The molecule has 0 aliphatic carbocycles. The summed E-state index contributed by atoms with van der Waals surface area (Å²) in [4.78, 5) is 0. The predicted molar refractivity (Wildman–Crippen MR) is 52.3 cm³/mol. The number of aliphatic hydroxyl groups excluding tert-OH is 1. The van der Waals surface area contributed by atoms with Crippen molar-refractivity contribution in [2.24, 2.45) is 0 Å². The number of thioether (sulfide) groups is 1. The van der Waals surface area contributed by atoms with Gasteiger partial charge in [-0.15, -0.1) is 0 Å². The van der Waals surface area contributed by atoms with Crippen molar-refractivity contribution >= 4 is 11.8 Å².